The number of hydrogen-bond donors (Lipinski definition) is 0. The molecule has 3 rings (SSSR count). The van der Waals surface area contributed by atoms with Gasteiger partial charge in [0, 0.05) is 5.56 Å². The molecular formula is C22H28BrN2O+. The lowest BCUT2D eigenvalue weighted by atomic mass is 9.86. The zero-order valence-corrected chi connectivity index (χ0v) is 17.7. The van der Waals surface area contributed by atoms with Crippen molar-refractivity contribution in [3.8, 4) is 0 Å². The molecule has 0 bridgehead atoms. The van der Waals surface area contributed by atoms with Crippen LogP contribution >= 0.6 is 17.0 Å². The van der Waals surface area contributed by atoms with Crippen molar-refractivity contribution >= 4 is 33.8 Å². The number of nitrogens with zero attached hydrogens (tertiary/aromatic N) is 2. The average molecular weight is 416 g/mol. The highest BCUT2D eigenvalue weighted by Gasteiger charge is 2.19. The van der Waals surface area contributed by atoms with Crippen LogP contribution in [0.2, 0.25) is 0 Å². The Kier molecular flexibility index (Phi) is 6.40. The Bertz CT molecular complexity index is 889. The summed E-state index contributed by atoms with van der Waals surface area (Å²) in [6.07, 6.45) is 3.14. The summed E-state index contributed by atoms with van der Waals surface area (Å²) in [4.78, 5) is 12.8. The first-order valence-electron chi connectivity index (χ1n) is 9.01. The summed E-state index contributed by atoms with van der Waals surface area (Å²) in [5.41, 5.74) is 4.41. The van der Waals surface area contributed by atoms with Gasteiger partial charge in [-0.25, -0.2) is 9.13 Å². The van der Waals surface area contributed by atoms with Crippen LogP contribution in [-0.4, -0.2) is 10.4 Å². The number of Topliss-reactive ketones (excluding diaryl/α,β-unsaturated/α-hetero) is 1. The Morgan fingerprint density at radius 1 is 1.04 bits per heavy atom. The lowest BCUT2D eigenvalue weighted by Gasteiger charge is -2.18. The third-order valence-corrected chi connectivity index (χ3v) is 4.63. The van der Waals surface area contributed by atoms with Crippen molar-refractivity contribution in [3.05, 3.63) is 66.0 Å². The summed E-state index contributed by atoms with van der Waals surface area (Å²) < 4.78 is 4.29. The van der Waals surface area contributed by atoms with Crippen LogP contribution in [0.25, 0.3) is 11.0 Å². The van der Waals surface area contributed by atoms with E-state index >= 15 is 0 Å². The lowest BCUT2D eigenvalue weighted by Crippen LogP contribution is -2.36. The summed E-state index contributed by atoms with van der Waals surface area (Å²) in [7, 11) is 0. The minimum Gasteiger partial charge on any atom is -0.290 e. The molecule has 2 aromatic carbocycles. The highest BCUT2D eigenvalue weighted by atomic mass is 79.9. The standard InChI is InChI=1S/C22H27N2O.BrH/c1-5-14-23-16-24(20-9-7-6-8-19(20)23)15-21(25)17-10-12-18(13-11-17)22(2,3)4;/h6-13,16H,5,14-15H2,1-4H3;1H/q+1;. The Morgan fingerprint density at radius 2 is 1.69 bits per heavy atom. The predicted molar refractivity (Wildman–Crippen MR) is 112 cm³/mol. The SMILES string of the molecule is Br.CCCn1c[n+](CC(=O)c2ccc(C(C)(C)C)cc2)c2ccccc21. The maximum atomic E-state index is 12.8. The van der Waals surface area contributed by atoms with Crippen molar-refractivity contribution < 1.29 is 9.36 Å². The van der Waals surface area contributed by atoms with Crippen LogP contribution in [0.5, 0.6) is 0 Å². The van der Waals surface area contributed by atoms with Gasteiger partial charge in [0.25, 0.3) is 0 Å². The van der Waals surface area contributed by atoms with E-state index in [2.05, 4.69) is 67.4 Å². The molecule has 0 unspecified atom stereocenters. The molecule has 4 heteroatoms. The van der Waals surface area contributed by atoms with Crippen LogP contribution in [0.4, 0.5) is 0 Å². The number of carbonyl (C=O) groups is 1. The van der Waals surface area contributed by atoms with Crippen molar-refractivity contribution in [1.82, 2.24) is 4.57 Å². The van der Waals surface area contributed by atoms with Gasteiger partial charge in [0.1, 0.15) is 0 Å². The first-order valence-corrected chi connectivity index (χ1v) is 9.01. The third kappa shape index (κ3) is 4.24. The van der Waals surface area contributed by atoms with Crippen LogP contribution in [0, 0.1) is 0 Å². The first-order chi connectivity index (χ1) is 11.9. The maximum Gasteiger partial charge on any atom is 0.245 e. The molecule has 0 aliphatic rings. The van der Waals surface area contributed by atoms with E-state index in [1.54, 1.807) is 0 Å². The molecule has 0 radical (unpaired) electrons. The highest BCUT2D eigenvalue weighted by Crippen LogP contribution is 2.22. The molecule has 0 aliphatic heterocycles. The van der Waals surface area contributed by atoms with Crippen molar-refractivity contribution in [2.45, 2.75) is 52.6 Å². The van der Waals surface area contributed by atoms with Gasteiger partial charge in [0.15, 0.2) is 17.6 Å². The molecule has 0 fully saturated rings. The largest absolute Gasteiger partial charge is 0.290 e. The molecule has 1 heterocycles. The molecule has 0 atom stereocenters. The van der Waals surface area contributed by atoms with E-state index in [9.17, 15) is 4.79 Å². The van der Waals surface area contributed by atoms with E-state index in [-0.39, 0.29) is 28.2 Å². The molecule has 0 saturated carbocycles. The van der Waals surface area contributed by atoms with E-state index in [1.807, 2.05) is 24.3 Å². The number of para-hydroxylation sites is 2. The smallest absolute Gasteiger partial charge is 0.245 e. The fourth-order valence-corrected chi connectivity index (χ4v) is 3.19. The average Bonchev–Trinajstić information content (AvgIpc) is 2.93. The van der Waals surface area contributed by atoms with Crippen molar-refractivity contribution in [1.29, 1.82) is 0 Å². The Balaban J connectivity index is 0.00000243. The van der Waals surface area contributed by atoms with Gasteiger partial charge in [0.05, 0.1) is 6.54 Å². The Morgan fingerprint density at radius 3 is 2.31 bits per heavy atom. The summed E-state index contributed by atoms with van der Waals surface area (Å²) in [6.45, 7) is 10.0. The van der Waals surface area contributed by atoms with Crippen LogP contribution in [0.15, 0.2) is 54.9 Å². The fourth-order valence-electron chi connectivity index (χ4n) is 3.19. The molecule has 0 spiro atoms. The second kappa shape index (κ2) is 8.17. The number of imidazole rings is 1. The Labute approximate surface area is 166 Å². The quantitative estimate of drug-likeness (QED) is 0.420. The topological polar surface area (TPSA) is 25.9 Å². The number of aryl methyl sites for hydroxylation is 1. The van der Waals surface area contributed by atoms with Crippen LogP contribution in [-0.2, 0) is 18.5 Å². The van der Waals surface area contributed by atoms with Crippen LogP contribution in [0.3, 0.4) is 0 Å². The van der Waals surface area contributed by atoms with Gasteiger partial charge in [-0.1, -0.05) is 64.1 Å². The number of rotatable bonds is 5. The molecule has 3 aromatic rings. The molecule has 26 heavy (non-hydrogen) atoms. The van der Waals surface area contributed by atoms with Crippen LogP contribution < -0.4 is 4.57 Å². The summed E-state index contributed by atoms with van der Waals surface area (Å²) in [6, 6.07) is 16.3. The number of carbonyl (C=O) groups excluding carboxylic acids is 1. The van der Waals surface area contributed by atoms with Gasteiger partial charge in [0.2, 0.25) is 12.1 Å². The number of ketones is 1. The monoisotopic (exact) mass is 415 g/mol. The van der Waals surface area contributed by atoms with E-state index in [0.29, 0.717) is 6.54 Å². The van der Waals surface area contributed by atoms with Gasteiger partial charge in [-0.15, -0.1) is 17.0 Å². The van der Waals surface area contributed by atoms with E-state index in [4.69, 9.17) is 0 Å². The minimum atomic E-state index is 0. The third-order valence-electron chi connectivity index (χ3n) is 4.63. The number of benzene rings is 2. The first kappa shape index (κ1) is 20.4. The number of hydrogen-bond acceptors (Lipinski definition) is 1. The molecule has 0 saturated heterocycles. The molecule has 0 aliphatic carbocycles. The molecule has 138 valence electrons. The number of fused-ring (bicyclic) bond motifs is 1. The zero-order chi connectivity index (χ0) is 18.0. The second-order valence-electron chi connectivity index (χ2n) is 7.68. The van der Waals surface area contributed by atoms with Gasteiger partial charge >= 0.3 is 0 Å². The summed E-state index contributed by atoms with van der Waals surface area (Å²) in [5, 5.41) is 0. The molecule has 3 nitrogen and oxygen atoms in total. The molecule has 1 aromatic heterocycles. The van der Waals surface area contributed by atoms with Gasteiger partial charge in [-0.2, -0.15) is 0 Å². The zero-order valence-electron chi connectivity index (χ0n) is 16.0. The number of aromatic nitrogens is 2. The highest BCUT2D eigenvalue weighted by molar-refractivity contribution is 8.93. The lowest BCUT2D eigenvalue weighted by molar-refractivity contribution is -0.658. The molecule has 0 N–H and O–H groups in total. The van der Waals surface area contributed by atoms with Gasteiger partial charge in [-0.3, -0.25) is 4.79 Å². The van der Waals surface area contributed by atoms with Crippen LogP contribution in [0.1, 0.15) is 50.0 Å². The van der Waals surface area contributed by atoms with E-state index < -0.39 is 0 Å². The van der Waals surface area contributed by atoms with Crippen molar-refractivity contribution in [2.75, 3.05) is 0 Å². The van der Waals surface area contributed by atoms with Gasteiger partial charge < -0.3 is 0 Å². The predicted octanol–water partition coefficient (Wildman–Crippen LogP) is 5.10. The fraction of sp³-hybridized carbons (Fsp3) is 0.364. The normalized spacial score (nSPS) is 11.4. The van der Waals surface area contributed by atoms with Crippen molar-refractivity contribution in [2.24, 2.45) is 0 Å². The van der Waals surface area contributed by atoms with Gasteiger partial charge in [-0.05, 0) is 29.5 Å². The summed E-state index contributed by atoms with van der Waals surface area (Å²) in [5.74, 6) is 0.143. The van der Waals surface area contributed by atoms with Crippen molar-refractivity contribution in [3.63, 3.8) is 0 Å². The minimum absolute atomic E-state index is 0. The van der Waals surface area contributed by atoms with E-state index in [1.165, 1.54) is 11.1 Å². The van der Waals surface area contributed by atoms with E-state index in [0.717, 1.165) is 24.0 Å². The molecular weight excluding hydrogens is 388 g/mol. The molecule has 0 amide bonds. The second-order valence-corrected chi connectivity index (χ2v) is 7.68. The maximum absolute atomic E-state index is 12.8. The number of halogens is 1. The summed E-state index contributed by atoms with van der Waals surface area (Å²) >= 11 is 0. The Hall–Kier alpha value is -1.94.